The largest absolute Gasteiger partial charge is 0.441 e. The number of fused-ring (bicyclic) bond motifs is 1. The molecule has 5 N–H and O–H groups in total. The minimum Gasteiger partial charge on any atom is -0.441 e. The maximum atomic E-state index is 8.56. The summed E-state index contributed by atoms with van der Waals surface area (Å²) in [7, 11) is 0. The molecule has 0 aliphatic carbocycles. The van der Waals surface area contributed by atoms with E-state index in [1.165, 1.54) is 0 Å². The first-order valence-corrected chi connectivity index (χ1v) is 4.85. The summed E-state index contributed by atoms with van der Waals surface area (Å²) in [6.45, 7) is 1.52. The lowest BCUT2D eigenvalue weighted by Gasteiger charge is -1.98. The van der Waals surface area contributed by atoms with Gasteiger partial charge in [0, 0.05) is 25.6 Å². The van der Waals surface area contributed by atoms with Crippen LogP contribution in [0.4, 0.5) is 5.95 Å². The number of aromatic amines is 1. The number of nitrogens with zero attached hydrogens (tertiary/aromatic N) is 1. The van der Waals surface area contributed by atoms with Crippen LogP contribution in [-0.4, -0.2) is 34.8 Å². The standard InChI is InChI=1S/C9H14N4O2/c10-9-12-7-5-6(15-8(7)13-9)1-2-11-3-4-14/h5,11,14H,1-4H2,(H3,10,12,13). The molecular formula is C9H14N4O2. The van der Waals surface area contributed by atoms with Gasteiger partial charge in [-0.15, -0.1) is 0 Å². The highest BCUT2D eigenvalue weighted by Gasteiger charge is 2.07. The summed E-state index contributed by atoms with van der Waals surface area (Å²) in [5.74, 6) is 1.22. The smallest absolute Gasteiger partial charge is 0.246 e. The number of furan rings is 1. The average Bonchev–Trinajstić information content (AvgIpc) is 2.69. The van der Waals surface area contributed by atoms with Crippen LogP contribution in [0.1, 0.15) is 5.76 Å². The Kier molecular flexibility index (Phi) is 2.89. The van der Waals surface area contributed by atoms with Crippen LogP contribution in [0.3, 0.4) is 0 Å². The second-order valence-electron chi connectivity index (χ2n) is 3.28. The van der Waals surface area contributed by atoms with E-state index in [2.05, 4.69) is 15.3 Å². The predicted octanol–water partition coefficient (Wildman–Crippen LogP) is -0.138. The number of imidazole rings is 1. The summed E-state index contributed by atoms with van der Waals surface area (Å²) >= 11 is 0. The summed E-state index contributed by atoms with van der Waals surface area (Å²) in [6, 6.07) is 1.89. The minimum atomic E-state index is 0.150. The molecule has 0 bridgehead atoms. The Bertz CT molecular complexity index is 403. The van der Waals surface area contributed by atoms with Gasteiger partial charge in [-0.25, -0.2) is 0 Å². The number of nitrogen functional groups attached to an aromatic ring is 1. The van der Waals surface area contributed by atoms with Gasteiger partial charge >= 0.3 is 0 Å². The fourth-order valence-corrected chi connectivity index (χ4v) is 1.42. The maximum Gasteiger partial charge on any atom is 0.246 e. The number of anilines is 1. The number of rotatable bonds is 5. The van der Waals surface area contributed by atoms with Crippen molar-refractivity contribution >= 4 is 17.2 Å². The number of H-pyrrole nitrogens is 1. The minimum absolute atomic E-state index is 0.150. The van der Waals surface area contributed by atoms with E-state index in [-0.39, 0.29) is 6.61 Å². The van der Waals surface area contributed by atoms with Crippen molar-refractivity contribution < 1.29 is 9.52 Å². The molecule has 15 heavy (non-hydrogen) atoms. The highest BCUT2D eigenvalue weighted by atomic mass is 16.3. The second kappa shape index (κ2) is 4.33. The molecule has 2 aromatic heterocycles. The highest BCUT2D eigenvalue weighted by molar-refractivity contribution is 5.72. The van der Waals surface area contributed by atoms with Gasteiger partial charge in [0.2, 0.25) is 11.7 Å². The van der Waals surface area contributed by atoms with E-state index in [0.29, 0.717) is 18.2 Å². The van der Waals surface area contributed by atoms with Gasteiger partial charge in [-0.1, -0.05) is 0 Å². The fraction of sp³-hybridized carbons (Fsp3) is 0.444. The topological polar surface area (TPSA) is 100 Å². The van der Waals surface area contributed by atoms with Crippen molar-refractivity contribution in [2.24, 2.45) is 0 Å². The van der Waals surface area contributed by atoms with E-state index in [0.717, 1.165) is 24.2 Å². The molecule has 0 fully saturated rings. The molecule has 0 amide bonds. The number of hydrogen-bond donors (Lipinski definition) is 4. The molecule has 0 aromatic carbocycles. The van der Waals surface area contributed by atoms with Crippen LogP contribution in [0, 0.1) is 0 Å². The third kappa shape index (κ3) is 2.28. The second-order valence-corrected chi connectivity index (χ2v) is 3.28. The van der Waals surface area contributed by atoms with Crippen molar-refractivity contribution in [3.63, 3.8) is 0 Å². The first kappa shape index (κ1) is 10.0. The van der Waals surface area contributed by atoms with Crippen LogP contribution < -0.4 is 11.1 Å². The molecule has 0 atom stereocenters. The molecule has 0 saturated heterocycles. The monoisotopic (exact) mass is 210 g/mol. The molecule has 0 aliphatic heterocycles. The number of aromatic nitrogens is 2. The Balaban J connectivity index is 1.94. The Morgan fingerprint density at radius 3 is 3.13 bits per heavy atom. The number of nitrogens with two attached hydrogens (primary N) is 1. The zero-order valence-electron chi connectivity index (χ0n) is 8.29. The van der Waals surface area contributed by atoms with Gasteiger partial charge in [0.15, 0.2) is 0 Å². The van der Waals surface area contributed by atoms with Gasteiger partial charge in [-0.05, 0) is 0 Å². The van der Waals surface area contributed by atoms with Crippen LogP contribution in [0.15, 0.2) is 10.5 Å². The number of aliphatic hydroxyl groups excluding tert-OH is 1. The van der Waals surface area contributed by atoms with Gasteiger partial charge in [0.1, 0.15) is 11.3 Å². The Morgan fingerprint density at radius 2 is 2.40 bits per heavy atom. The van der Waals surface area contributed by atoms with Crippen molar-refractivity contribution in [1.82, 2.24) is 15.3 Å². The molecule has 2 rings (SSSR count). The normalized spacial score (nSPS) is 11.3. The summed E-state index contributed by atoms with van der Waals surface area (Å²) in [4.78, 5) is 6.87. The third-order valence-corrected chi connectivity index (χ3v) is 2.08. The Morgan fingerprint density at radius 1 is 1.53 bits per heavy atom. The van der Waals surface area contributed by atoms with Crippen molar-refractivity contribution in [3.05, 3.63) is 11.8 Å². The lowest BCUT2D eigenvalue weighted by molar-refractivity contribution is 0.292. The Labute approximate surface area is 86.5 Å². The van der Waals surface area contributed by atoms with Crippen molar-refractivity contribution in [3.8, 4) is 0 Å². The van der Waals surface area contributed by atoms with E-state index >= 15 is 0 Å². The molecule has 0 aliphatic rings. The molecule has 82 valence electrons. The van der Waals surface area contributed by atoms with E-state index in [9.17, 15) is 0 Å². The SMILES string of the molecule is Nc1nc2oc(CCNCCO)cc2[nH]1. The molecule has 0 radical (unpaired) electrons. The number of nitrogens with one attached hydrogen (secondary N) is 2. The summed E-state index contributed by atoms with van der Waals surface area (Å²) in [5.41, 5.74) is 6.83. The number of aliphatic hydroxyl groups is 1. The first-order valence-electron chi connectivity index (χ1n) is 4.85. The summed E-state index contributed by atoms with van der Waals surface area (Å²) in [6.07, 6.45) is 0.768. The zero-order valence-corrected chi connectivity index (χ0v) is 8.29. The lowest BCUT2D eigenvalue weighted by Crippen LogP contribution is -2.20. The Hall–Kier alpha value is -1.53. The summed E-state index contributed by atoms with van der Waals surface area (Å²) < 4.78 is 5.44. The molecule has 6 heteroatoms. The van der Waals surface area contributed by atoms with E-state index in [4.69, 9.17) is 15.3 Å². The van der Waals surface area contributed by atoms with Crippen LogP contribution >= 0.6 is 0 Å². The molecule has 0 saturated carbocycles. The van der Waals surface area contributed by atoms with E-state index < -0.39 is 0 Å². The van der Waals surface area contributed by atoms with Crippen LogP contribution in [0.2, 0.25) is 0 Å². The van der Waals surface area contributed by atoms with Crippen molar-refractivity contribution in [2.45, 2.75) is 6.42 Å². The van der Waals surface area contributed by atoms with Gasteiger partial charge in [0.05, 0.1) is 6.61 Å². The molecule has 0 unspecified atom stereocenters. The van der Waals surface area contributed by atoms with E-state index in [1.54, 1.807) is 0 Å². The predicted molar refractivity (Wildman–Crippen MR) is 56.4 cm³/mol. The number of hydrogen-bond acceptors (Lipinski definition) is 5. The molecule has 2 aromatic rings. The molecule has 2 heterocycles. The quantitative estimate of drug-likeness (QED) is 0.515. The van der Waals surface area contributed by atoms with Crippen LogP contribution in [0.5, 0.6) is 0 Å². The zero-order chi connectivity index (χ0) is 10.7. The maximum absolute atomic E-state index is 8.56. The summed E-state index contributed by atoms with van der Waals surface area (Å²) in [5, 5.41) is 11.6. The highest BCUT2D eigenvalue weighted by Crippen LogP contribution is 2.17. The molecule has 6 nitrogen and oxygen atoms in total. The van der Waals surface area contributed by atoms with Crippen molar-refractivity contribution in [2.75, 3.05) is 25.4 Å². The van der Waals surface area contributed by atoms with Crippen LogP contribution in [0.25, 0.3) is 11.2 Å². The van der Waals surface area contributed by atoms with Gasteiger partial charge in [-0.2, -0.15) is 4.98 Å². The third-order valence-electron chi connectivity index (χ3n) is 2.08. The van der Waals surface area contributed by atoms with Crippen LogP contribution in [-0.2, 0) is 6.42 Å². The van der Waals surface area contributed by atoms with Crippen molar-refractivity contribution in [1.29, 1.82) is 0 Å². The molecule has 0 spiro atoms. The average molecular weight is 210 g/mol. The van der Waals surface area contributed by atoms with E-state index in [1.807, 2.05) is 6.07 Å². The van der Waals surface area contributed by atoms with Gasteiger partial charge in [-0.3, -0.25) is 0 Å². The fourth-order valence-electron chi connectivity index (χ4n) is 1.42. The molecular weight excluding hydrogens is 196 g/mol. The van der Waals surface area contributed by atoms with Gasteiger partial charge < -0.3 is 25.6 Å². The first-order chi connectivity index (χ1) is 7.29. The lowest BCUT2D eigenvalue weighted by atomic mass is 10.3. The van der Waals surface area contributed by atoms with Gasteiger partial charge in [0.25, 0.3) is 0 Å².